The van der Waals surface area contributed by atoms with Crippen LogP contribution >= 0.6 is 11.6 Å². The second-order valence-electron chi connectivity index (χ2n) is 9.78. The standard InChI is InChI=1S/C30H35ClN2O3/c1-5-32-29(35)27(19-22-11-7-6-8-12-22)33(20-23-13-9-10-14-26(23)31)28(34)21-36-25-17-15-24(16-18-25)30(2,3)4/h6-18,27H,5,19-21H2,1-4H3,(H,32,35)/t27-/m1/s1. The number of likely N-dealkylation sites (N-methyl/N-ethyl adjacent to an activating group) is 1. The molecule has 0 bridgehead atoms. The van der Waals surface area contributed by atoms with Gasteiger partial charge in [0.2, 0.25) is 5.91 Å². The van der Waals surface area contributed by atoms with E-state index in [4.69, 9.17) is 16.3 Å². The molecule has 0 aliphatic carbocycles. The van der Waals surface area contributed by atoms with Gasteiger partial charge in [0.25, 0.3) is 5.91 Å². The largest absolute Gasteiger partial charge is 0.484 e. The quantitative estimate of drug-likeness (QED) is 0.378. The lowest BCUT2D eigenvalue weighted by molar-refractivity contribution is -0.142. The first-order chi connectivity index (χ1) is 17.2. The van der Waals surface area contributed by atoms with E-state index < -0.39 is 6.04 Å². The van der Waals surface area contributed by atoms with E-state index in [-0.39, 0.29) is 30.4 Å². The number of hydrogen-bond donors (Lipinski definition) is 1. The van der Waals surface area contributed by atoms with Crippen molar-refractivity contribution in [3.8, 4) is 5.75 Å². The molecule has 3 rings (SSSR count). The maximum atomic E-state index is 13.6. The summed E-state index contributed by atoms with van der Waals surface area (Å²) in [7, 11) is 0. The second kappa shape index (κ2) is 12.6. The number of carbonyl (C=O) groups is 2. The average molecular weight is 507 g/mol. The fraction of sp³-hybridized carbons (Fsp3) is 0.333. The highest BCUT2D eigenvalue weighted by Crippen LogP contribution is 2.25. The van der Waals surface area contributed by atoms with Crippen molar-refractivity contribution in [1.82, 2.24) is 10.2 Å². The van der Waals surface area contributed by atoms with Gasteiger partial charge in [-0.3, -0.25) is 9.59 Å². The second-order valence-corrected chi connectivity index (χ2v) is 10.2. The number of nitrogens with one attached hydrogen (secondary N) is 1. The van der Waals surface area contributed by atoms with E-state index in [1.165, 1.54) is 5.56 Å². The van der Waals surface area contributed by atoms with Crippen molar-refractivity contribution >= 4 is 23.4 Å². The van der Waals surface area contributed by atoms with Gasteiger partial charge in [0.1, 0.15) is 11.8 Å². The van der Waals surface area contributed by atoms with Gasteiger partial charge in [0.15, 0.2) is 6.61 Å². The van der Waals surface area contributed by atoms with Crippen molar-refractivity contribution in [2.75, 3.05) is 13.2 Å². The highest BCUT2D eigenvalue weighted by Gasteiger charge is 2.31. The molecule has 1 atom stereocenters. The molecule has 190 valence electrons. The third kappa shape index (κ3) is 7.59. The Morgan fingerprint density at radius 2 is 1.58 bits per heavy atom. The third-order valence-electron chi connectivity index (χ3n) is 6.00. The van der Waals surface area contributed by atoms with Crippen LogP contribution in [-0.2, 0) is 28.0 Å². The molecule has 0 aliphatic heterocycles. The number of hydrogen-bond acceptors (Lipinski definition) is 3. The topological polar surface area (TPSA) is 58.6 Å². The van der Waals surface area contributed by atoms with Crippen molar-refractivity contribution < 1.29 is 14.3 Å². The summed E-state index contributed by atoms with van der Waals surface area (Å²) >= 11 is 6.43. The molecule has 0 aliphatic rings. The Labute approximate surface area is 219 Å². The van der Waals surface area contributed by atoms with E-state index in [0.29, 0.717) is 23.7 Å². The molecule has 0 saturated carbocycles. The normalized spacial score (nSPS) is 12.0. The molecule has 36 heavy (non-hydrogen) atoms. The number of ether oxygens (including phenoxy) is 1. The van der Waals surface area contributed by atoms with Crippen LogP contribution in [0.5, 0.6) is 5.75 Å². The van der Waals surface area contributed by atoms with E-state index in [1.807, 2.05) is 79.7 Å². The first kappa shape index (κ1) is 27.3. The highest BCUT2D eigenvalue weighted by molar-refractivity contribution is 6.31. The van der Waals surface area contributed by atoms with Crippen LogP contribution in [0.15, 0.2) is 78.9 Å². The van der Waals surface area contributed by atoms with Gasteiger partial charge in [-0.2, -0.15) is 0 Å². The minimum Gasteiger partial charge on any atom is -0.484 e. The zero-order chi connectivity index (χ0) is 26.1. The summed E-state index contributed by atoms with van der Waals surface area (Å²) in [5.74, 6) is 0.102. The minimum absolute atomic E-state index is 0.0252. The van der Waals surface area contributed by atoms with Crippen LogP contribution in [0.25, 0.3) is 0 Å². The SMILES string of the molecule is CCNC(=O)[C@@H](Cc1ccccc1)N(Cc1ccccc1Cl)C(=O)COc1ccc(C(C)(C)C)cc1. The van der Waals surface area contributed by atoms with Crippen molar-refractivity contribution in [2.45, 2.75) is 52.1 Å². The van der Waals surface area contributed by atoms with E-state index in [9.17, 15) is 9.59 Å². The lowest BCUT2D eigenvalue weighted by atomic mass is 9.87. The number of rotatable bonds is 10. The molecular weight excluding hydrogens is 472 g/mol. The zero-order valence-electron chi connectivity index (χ0n) is 21.5. The van der Waals surface area contributed by atoms with Gasteiger partial charge in [-0.15, -0.1) is 0 Å². The van der Waals surface area contributed by atoms with Gasteiger partial charge in [0.05, 0.1) is 0 Å². The summed E-state index contributed by atoms with van der Waals surface area (Å²) in [5.41, 5.74) is 2.94. The molecule has 2 amide bonds. The molecule has 0 aromatic heterocycles. The molecule has 0 heterocycles. The fourth-order valence-corrected chi connectivity index (χ4v) is 4.13. The first-order valence-electron chi connectivity index (χ1n) is 12.3. The maximum Gasteiger partial charge on any atom is 0.261 e. The van der Waals surface area contributed by atoms with Crippen molar-refractivity contribution in [2.24, 2.45) is 0 Å². The molecule has 0 radical (unpaired) electrons. The van der Waals surface area contributed by atoms with Crippen LogP contribution in [0.4, 0.5) is 0 Å². The Hall–Kier alpha value is -3.31. The Balaban J connectivity index is 1.86. The molecule has 3 aromatic rings. The third-order valence-corrected chi connectivity index (χ3v) is 6.37. The Morgan fingerprint density at radius 1 is 0.944 bits per heavy atom. The molecule has 0 unspecified atom stereocenters. The fourth-order valence-electron chi connectivity index (χ4n) is 3.94. The van der Waals surface area contributed by atoms with E-state index in [1.54, 1.807) is 11.0 Å². The molecule has 5 nitrogen and oxygen atoms in total. The van der Waals surface area contributed by atoms with Crippen molar-refractivity contribution in [3.63, 3.8) is 0 Å². The lowest BCUT2D eigenvalue weighted by Crippen LogP contribution is -2.51. The van der Waals surface area contributed by atoms with Crippen molar-refractivity contribution in [1.29, 1.82) is 0 Å². The van der Waals surface area contributed by atoms with Crippen LogP contribution in [0.2, 0.25) is 5.02 Å². The van der Waals surface area contributed by atoms with E-state index >= 15 is 0 Å². The van der Waals surface area contributed by atoms with Gasteiger partial charge in [-0.1, -0.05) is 93.0 Å². The van der Waals surface area contributed by atoms with Gasteiger partial charge in [-0.25, -0.2) is 0 Å². The first-order valence-corrected chi connectivity index (χ1v) is 12.6. The summed E-state index contributed by atoms with van der Waals surface area (Å²) in [4.78, 5) is 28.3. The number of benzene rings is 3. The molecule has 3 aromatic carbocycles. The smallest absolute Gasteiger partial charge is 0.261 e. The Bertz CT molecular complexity index is 1140. The van der Waals surface area contributed by atoms with Crippen molar-refractivity contribution in [3.05, 3.63) is 101 Å². The summed E-state index contributed by atoms with van der Waals surface area (Å²) in [6, 6.07) is 24.1. The molecule has 1 N–H and O–H groups in total. The highest BCUT2D eigenvalue weighted by atomic mass is 35.5. The summed E-state index contributed by atoms with van der Waals surface area (Å²) in [6.07, 6.45) is 0.378. The number of halogens is 1. The van der Waals surface area contributed by atoms with E-state index in [2.05, 4.69) is 26.1 Å². The Kier molecular flexibility index (Phi) is 9.54. The number of amides is 2. The number of nitrogens with zero attached hydrogens (tertiary/aromatic N) is 1. The predicted molar refractivity (Wildman–Crippen MR) is 145 cm³/mol. The number of carbonyl (C=O) groups excluding carboxylic acids is 2. The van der Waals surface area contributed by atoms with Gasteiger partial charge in [-0.05, 0) is 47.2 Å². The van der Waals surface area contributed by atoms with Gasteiger partial charge >= 0.3 is 0 Å². The van der Waals surface area contributed by atoms with Crippen LogP contribution in [0.1, 0.15) is 44.4 Å². The summed E-state index contributed by atoms with van der Waals surface area (Å²) in [6.45, 7) is 8.77. The molecule has 0 spiro atoms. The zero-order valence-corrected chi connectivity index (χ0v) is 22.2. The molecule has 0 fully saturated rings. The van der Waals surface area contributed by atoms with E-state index in [0.717, 1.165) is 11.1 Å². The van der Waals surface area contributed by atoms with Gasteiger partial charge in [0, 0.05) is 24.5 Å². The van der Waals surface area contributed by atoms with Crippen LogP contribution in [0.3, 0.4) is 0 Å². The summed E-state index contributed by atoms with van der Waals surface area (Å²) < 4.78 is 5.87. The van der Waals surface area contributed by atoms with Crippen LogP contribution < -0.4 is 10.1 Å². The van der Waals surface area contributed by atoms with Gasteiger partial charge < -0.3 is 15.0 Å². The molecular formula is C30H35ClN2O3. The minimum atomic E-state index is -0.719. The average Bonchev–Trinajstić information content (AvgIpc) is 2.86. The lowest BCUT2D eigenvalue weighted by Gasteiger charge is -2.31. The predicted octanol–water partition coefficient (Wildman–Crippen LogP) is 5.79. The van der Waals surface area contributed by atoms with Crippen LogP contribution in [0, 0.1) is 0 Å². The Morgan fingerprint density at radius 3 is 2.19 bits per heavy atom. The summed E-state index contributed by atoms with van der Waals surface area (Å²) in [5, 5.41) is 3.43. The molecule has 0 saturated heterocycles. The monoisotopic (exact) mass is 506 g/mol. The maximum absolute atomic E-state index is 13.6. The van der Waals surface area contributed by atoms with Crippen LogP contribution in [-0.4, -0.2) is 35.9 Å². The molecule has 6 heteroatoms.